The summed E-state index contributed by atoms with van der Waals surface area (Å²) in [5.41, 5.74) is 0.850. The molecule has 1 amide bonds. The number of hydrogen-bond acceptors (Lipinski definition) is 5. The van der Waals surface area contributed by atoms with Crippen LogP contribution in [0.15, 0.2) is 22.9 Å². The van der Waals surface area contributed by atoms with E-state index in [1.165, 1.54) is 0 Å². The van der Waals surface area contributed by atoms with Gasteiger partial charge in [0, 0.05) is 7.11 Å². The molecule has 6 nitrogen and oxygen atoms in total. The van der Waals surface area contributed by atoms with Gasteiger partial charge in [-0.05, 0) is 71.0 Å². The number of amides is 1. The van der Waals surface area contributed by atoms with Gasteiger partial charge in [0.15, 0.2) is 0 Å². The summed E-state index contributed by atoms with van der Waals surface area (Å²) >= 11 is 3.29. The van der Waals surface area contributed by atoms with Crippen molar-refractivity contribution in [1.82, 2.24) is 4.98 Å². The summed E-state index contributed by atoms with van der Waals surface area (Å²) in [5, 5.41) is 2.96. The molecule has 26 heavy (non-hydrogen) atoms. The molecule has 0 aliphatic heterocycles. The van der Waals surface area contributed by atoms with Crippen LogP contribution in [0.25, 0.3) is 0 Å². The number of pyridine rings is 1. The maximum Gasteiger partial charge on any atom is 0.310 e. The van der Waals surface area contributed by atoms with Gasteiger partial charge < -0.3 is 14.8 Å². The smallest absolute Gasteiger partial charge is 0.310 e. The highest BCUT2D eigenvalue weighted by molar-refractivity contribution is 9.10. The van der Waals surface area contributed by atoms with Crippen molar-refractivity contribution in [2.75, 3.05) is 25.6 Å². The fourth-order valence-corrected chi connectivity index (χ4v) is 5.56. The van der Waals surface area contributed by atoms with Gasteiger partial charge in [-0.25, -0.2) is 4.98 Å². The lowest BCUT2D eigenvalue weighted by molar-refractivity contribution is -0.155. The van der Waals surface area contributed by atoms with E-state index in [0.29, 0.717) is 16.9 Å². The Morgan fingerprint density at radius 2 is 1.96 bits per heavy atom. The minimum Gasteiger partial charge on any atom is -0.463 e. The van der Waals surface area contributed by atoms with Gasteiger partial charge in [0.25, 0.3) is 0 Å². The minimum atomic E-state index is -0.337. The van der Waals surface area contributed by atoms with Gasteiger partial charge in [0.1, 0.15) is 11.2 Å². The van der Waals surface area contributed by atoms with E-state index in [2.05, 4.69) is 26.2 Å². The first-order chi connectivity index (χ1) is 12.6. The third-order valence-corrected chi connectivity index (χ3v) is 6.92. The molecule has 1 heterocycles. The molecule has 1 aromatic rings. The number of aromatic nitrogens is 1. The zero-order chi connectivity index (χ0) is 18.3. The maximum absolute atomic E-state index is 13.1. The Balaban J connectivity index is 1.52. The van der Waals surface area contributed by atoms with Crippen LogP contribution in [0.4, 0.5) is 5.69 Å². The lowest BCUT2D eigenvalue weighted by atomic mass is 9.78. The van der Waals surface area contributed by atoms with Crippen molar-refractivity contribution in [1.29, 1.82) is 0 Å². The van der Waals surface area contributed by atoms with E-state index in [4.69, 9.17) is 9.47 Å². The highest BCUT2D eigenvalue weighted by Gasteiger charge is 2.71. The van der Waals surface area contributed by atoms with Crippen LogP contribution in [-0.2, 0) is 19.1 Å². The van der Waals surface area contributed by atoms with Crippen LogP contribution < -0.4 is 5.32 Å². The highest BCUT2D eigenvalue weighted by Crippen LogP contribution is 2.74. The number of methoxy groups -OCH3 is 1. The average molecular weight is 423 g/mol. The standard InChI is InChI=1S/C19H23BrN2O4/c1-25-8-9-26-18(24)16-13-4-3-12(19(13)6-7-19)15(16)17(23)22-11-2-5-14(20)21-10-11/h2,5,10,12-13,15-16H,3-4,6-9H2,1H3,(H,22,23)/t12-,13+,15+,16+/m0/s1. The molecule has 140 valence electrons. The first-order valence-electron chi connectivity index (χ1n) is 9.15. The molecule has 0 aromatic carbocycles. The molecular formula is C19H23BrN2O4. The van der Waals surface area contributed by atoms with Gasteiger partial charge in [-0.15, -0.1) is 0 Å². The first-order valence-corrected chi connectivity index (χ1v) is 9.94. The number of hydrogen-bond donors (Lipinski definition) is 1. The topological polar surface area (TPSA) is 77.5 Å². The second-order valence-corrected chi connectivity index (χ2v) is 8.41. The van der Waals surface area contributed by atoms with Crippen molar-refractivity contribution in [3.63, 3.8) is 0 Å². The van der Waals surface area contributed by atoms with E-state index in [1.54, 1.807) is 25.4 Å². The van der Waals surface area contributed by atoms with E-state index < -0.39 is 0 Å². The fourth-order valence-electron chi connectivity index (χ4n) is 5.32. The van der Waals surface area contributed by atoms with Crippen LogP contribution in [0, 0.1) is 29.1 Å². The summed E-state index contributed by atoms with van der Waals surface area (Å²) in [6.45, 7) is 0.611. The summed E-state index contributed by atoms with van der Waals surface area (Å²) in [5.74, 6) is -0.403. The van der Waals surface area contributed by atoms with Crippen molar-refractivity contribution in [2.45, 2.75) is 25.7 Å². The second kappa shape index (κ2) is 6.93. The Hall–Kier alpha value is -1.47. The number of ether oxygens (including phenoxy) is 2. The van der Waals surface area contributed by atoms with Gasteiger partial charge in [0.2, 0.25) is 5.91 Å². The molecule has 3 fully saturated rings. The van der Waals surface area contributed by atoms with Crippen molar-refractivity contribution in [3.8, 4) is 0 Å². The zero-order valence-electron chi connectivity index (χ0n) is 14.7. The van der Waals surface area contributed by atoms with Crippen LogP contribution in [0.5, 0.6) is 0 Å². The summed E-state index contributed by atoms with van der Waals surface area (Å²) in [6, 6.07) is 3.59. The van der Waals surface area contributed by atoms with Crippen LogP contribution in [0.1, 0.15) is 25.7 Å². The van der Waals surface area contributed by atoms with Crippen molar-refractivity contribution in [3.05, 3.63) is 22.9 Å². The van der Waals surface area contributed by atoms with Crippen LogP contribution in [0.3, 0.4) is 0 Å². The summed E-state index contributed by atoms with van der Waals surface area (Å²) < 4.78 is 11.1. The summed E-state index contributed by atoms with van der Waals surface area (Å²) in [4.78, 5) is 30.0. The summed E-state index contributed by atoms with van der Waals surface area (Å²) in [7, 11) is 1.58. The van der Waals surface area contributed by atoms with Gasteiger partial charge in [-0.2, -0.15) is 0 Å². The third kappa shape index (κ3) is 2.95. The normalized spacial score (nSPS) is 30.4. The number of esters is 1. The predicted octanol–water partition coefficient (Wildman–Crippen LogP) is 3.02. The molecule has 3 aliphatic rings. The molecule has 2 bridgehead atoms. The second-order valence-electron chi connectivity index (χ2n) is 7.59. The Morgan fingerprint density at radius 1 is 1.23 bits per heavy atom. The van der Waals surface area contributed by atoms with Gasteiger partial charge in [-0.3, -0.25) is 9.59 Å². The maximum atomic E-state index is 13.1. The minimum absolute atomic E-state index is 0.0821. The van der Waals surface area contributed by atoms with E-state index in [9.17, 15) is 9.59 Å². The number of rotatable bonds is 6. The van der Waals surface area contributed by atoms with Crippen LogP contribution >= 0.6 is 15.9 Å². The quantitative estimate of drug-likeness (QED) is 0.433. The molecule has 3 saturated carbocycles. The van der Waals surface area contributed by atoms with Crippen LogP contribution in [-0.4, -0.2) is 37.2 Å². The Morgan fingerprint density at radius 3 is 2.58 bits per heavy atom. The number of carbonyl (C=O) groups excluding carboxylic acids is 2. The van der Waals surface area contributed by atoms with Gasteiger partial charge in [0.05, 0.1) is 30.3 Å². The van der Waals surface area contributed by atoms with Crippen molar-refractivity contribution >= 4 is 33.5 Å². The molecule has 4 rings (SSSR count). The van der Waals surface area contributed by atoms with E-state index in [0.717, 1.165) is 25.7 Å². The van der Waals surface area contributed by atoms with Gasteiger partial charge in [-0.1, -0.05) is 0 Å². The lowest BCUT2D eigenvalue weighted by Gasteiger charge is -2.28. The number of halogens is 1. The van der Waals surface area contributed by atoms with Crippen molar-refractivity contribution in [2.24, 2.45) is 29.1 Å². The first kappa shape index (κ1) is 17.9. The van der Waals surface area contributed by atoms with E-state index >= 15 is 0 Å². The molecule has 1 spiro atoms. The summed E-state index contributed by atoms with van der Waals surface area (Å²) in [6.07, 6.45) is 5.94. The van der Waals surface area contributed by atoms with Crippen LogP contribution in [0.2, 0.25) is 0 Å². The predicted molar refractivity (Wildman–Crippen MR) is 98.3 cm³/mol. The highest BCUT2D eigenvalue weighted by atomic mass is 79.9. The lowest BCUT2D eigenvalue weighted by Crippen LogP contribution is -2.39. The molecule has 1 aromatic heterocycles. The number of carbonyl (C=O) groups is 2. The molecular weight excluding hydrogens is 400 g/mol. The molecule has 7 heteroatoms. The monoisotopic (exact) mass is 422 g/mol. The largest absolute Gasteiger partial charge is 0.463 e. The van der Waals surface area contributed by atoms with E-state index in [-0.39, 0.29) is 47.6 Å². The van der Waals surface area contributed by atoms with Gasteiger partial charge >= 0.3 is 5.97 Å². The van der Waals surface area contributed by atoms with Crippen molar-refractivity contribution < 1.29 is 19.1 Å². The zero-order valence-corrected chi connectivity index (χ0v) is 16.3. The molecule has 1 N–H and O–H groups in total. The molecule has 0 saturated heterocycles. The number of anilines is 1. The Kier molecular flexibility index (Phi) is 4.77. The molecule has 0 unspecified atom stereocenters. The number of nitrogens with zero attached hydrogens (tertiary/aromatic N) is 1. The molecule has 3 aliphatic carbocycles. The molecule has 4 atom stereocenters. The van der Waals surface area contributed by atoms with E-state index in [1.807, 2.05) is 0 Å². The number of nitrogens with one attached hydrogen (secondary N) is 1. The Bertz CT molecular complexity index is 704. The SMILES string of the molecule is COCCOC(=O)[C@H]1[C@H](C(=O)Nc2ccc(Br)nc2)[C@@H]2CC[C@H]1C21CC1. The fraction of sp³-hybridized carbons (Fsp3) is 0.632. The molecule has 0 radical (unpaired) electrons. The Labute approximate surface area is 161 Å². The third-order valence-electron chi connectivity index (χ3n) is 6.45. The average Bonchev–Trinajstić information content (AvgIpc) is 3.30.